The van der Waals surface area contributed by atoms with Gasteiger partial charge in [0, 0.05) is 26.8 Å². The Morgan fingerprint density at radius 2 is 2.35 bits per heavy atom. The summed E-state index contributed by atoms with van der Waals surface area (Å²) in [5, 5.41) is 0. The minimum absolute atomic E-state index is 0.0730. The second-order valence-electron chi connectivity index (χ2n) is 4.39. The third-order valence-electron chi connectivity index (χ3n) is 2.99. The van der Waals surface area contributed by atoms with Crippen LogP contribution in [0.5, 0.6) is 0 Å². The molecule has 17 heavy (non-hydrogen) atoms. The zero-order valence-electron chi connectivity index (χ0n) is 10.1. The van der Waals surface area contributed by atoms with Gasteiger partial charge in [-0.3, -0.25) is 4.79 Å². The number of amides is 1. The fourth-order valence-corrected chi connectivity index (χ4v) is 2.65. The molecule has 1 aliphatic heterocycles. The molecule has 1 aliphatic rings. The lowest BCUT2D eigenvalue weighted by Crippen LogP contribution is -2.43. The maximum Gasteiger partial charge on any atom is 0.244 e. The van der Waals surface area contributed by atoms with Crippen LogP contribution < -0.4 is 4.90 Å². The molecule has 1 fully saturated rings. The molecular formula is C12H16BrN3O. The number of carbonyl (C=O) groups excluding carboxylic acids is 1. The van der Waals surface area contributed by atoms with E-state index in [1.54, 1.807) is 25.2 Å². The predicted molar refractivity (Wildman–Crippen MR) is 71.0 cm³/mol. The van der Waals surface area contributed by atoms with Crippen LogP contribution in [-0.2, 0) is 4.79 Å². The van der Waals surface area contributed by atoms with Crippen molar-refractivity contribution < 1.29 is 4.79 Å². The lowest BCUT2D eigenvalue weighted by Gasteiger charge is -2.27. The summed E-state index contributed by atoms with van der Waals surface area (Å²) in [6, 6.07) is 3.76. The number of rotatable bonds is 2. The first-order valence-electron chi connectivity index (χ1n) is 5.69. The lowest BCUT2D eigenvalue weighted by atomic mass is 10.2. The van der Waals surface area contributed by atoms with E-state index < -0.39 is 0 Å². The SMILES string of the molecule is CN(C)C(=O)C1CCCN1c1ncccc1Br. The highest BCUT2D eigenvalue weighted by molar-refractivity contribution is 9.10. The fraction of sp³-hybridized carbons (Fsp3) is 0.500. The highest BCUT2D eigenvalue weighted by atomic mass is 79.9. The lowest BCUT2D eigenvalue weighted by molar-refractivity contribution is -0.129. The van der Waals surface area contributed by atoms with Crippen molar-refractivity contribution in [3.63, 3.8) is 0 Å². The van der Waals surface area contributed by atoms with Crippen molar-refractivity contribution in [3.8, 4) is 0 Å². The van der Waals surface area contributed by atoms with E-state index in [1.165, 1.54) is 0 Å². The van der Waals surface area contributed by atoms with Crippen LogP contribution in [0.4, 0.5) is 5.82 Å². The van der Waals surface area contributed by atoms with Gasteiger partial charge in [-0.15, -0.1) is 0 Å². The van der Waals surface area contributed by atoms with Crippen molar-refractivity contribution in [1.29, 1.82) is 0 Å². The summed E-state index contributed by atoms with van der Waals surface area (Å²) < 4.78 is 0.943. The Hall–Kier alpha value is -1.10. The minimum atomic E-state index is -0.0730. The molecule has 0 N–H and O–H groups in total. The zero-order chi connectivity index (χ0) is 12.4. The van der Waals surface area contributed by atoms with Crippen LogP contribution in [-0.4, -0.2) is 42.5 Å². The molecule has 4 nitrogen and oxygen atoms in total. The Labute approximate surface area is 110 Å². The summed E-state index contributed by atoms with van der Waals surface area (Å²) in [5.74, 6) is 1.02. The van der Waals surface area contributed by atoms with Crippen LogP contribution in [0.15, 0.2) is 22.8 Å². The van der Waals surface area contributed by atoms with Crippen molar-refractivity contribution in [3.05, 3.63) is 22.8 Å². The van der Waals surface area contributed by atoms with E-state index in [1.807, 2.05) is 12.1 Å². The predicted octanol–water partition coefficient (Wildman–Crippen LogP) is 1.90. The first kappa shape index (κ1) is 12.4. The van der Waals surface area contributed by atoms with Crippen molar-refractivity contribution in [2.45, 2.75) is 18.9 Å². The average Bonchev–Trinajstić information content (AvgIpc) is 2.77. The molecule has 0 aromatic carbocycles. The molecule has 1 unspecified atom stereocenters. The molecule has 1 aromatic heterocycles. The van der Waals surface area contributed by atoms with Crippen LogP contribution >= 0.6 is 15.9 Å². The van der Waals surface area contributed by atoms with Gasteiger partial charge in [0.1, 0.15) is 11.9 Å². The number of halogens is 1. The molecule has 2 rings (SSSR count). The zero-order valence-corrected chi connectivity index (χ0v) is 11.6. The number of pyridine rings is 1. The fourth-order valence-electron chi connectivity index (χ4n) is 2.16. The van der Waals surface area contributed by atoms with Gasteiger partial charge in [0.15, 0.2) is 0 Å². The molecule has 0 saturated carbocycles. The smallest absolute Gasteiger partial charge is 0.244 e. The molecule has 0 aliphatic carbocycles. The summed E-state index contributed by atoms with van der Waals surface area (Å²) in [5.41, 5.74) is 0. The molecule has 5 heteroatoms. The molecule has 0 radical (unpaired) electrons. The third kappa shape index (κ3) is 2.44. The van der Waals surface area contributed by atoms with Crippen LogP contribution in [0.1, 0.15) is 12.8 Å². The second kappa shape index (κ2) is 5.04. The van der Waals surface area contributed by atoms with Gasteiger partial charge in [-0.25, -0.2) is 4.98 Å². The maximum absolute atomic E-state index is 12.1. The second-order valence-corrected chi connectivity index (χ2v) is 5.25. The summed E-state index contributed by atoms with van der Waals surface area (Å²) in [6.45, 7) is 0.889. The standard InChI is InChI=1S/C12H16BrN3O/c1-15(2)12(17)10-6-4-8-16(10)11-9(13)5-3-7-14-11/h3,5,7,10H,4,6,8H2,1-2H3. The van der Waals surface area contributed by atoms with Crippen LogP contribution in [0.25, 0.3) is 0 Å². The molecule has 1 atom stereocenters. The number of anilines is 1. The van der Waals surface area contributed by atoms with Crippen molar-refractivity contribution in [1.82, 2.24) is 9.88 Å². The highest BCUT2D eigenvalue weighted by Gasteiger charge is 2.33. The van der Waals surface area contributed by atoms with E-state index in [4.69, 9.17) is 0 Å². The molecule has 2 heterocycles. The number of carbonyl (C=O) groups is 1. The maximum atomic E-state index is 12.1. The Kier molecular flexibility index (Phi) is 3.66. The Balaban J connectivity index is 2.26. The first-order chi connectivity index (χ1) is 8.11. The van der Waals surface area contributed by atoms with Gasteiger partial charge >= 0.3 is 0 Å². The van der Waals surface area contributed by atoms with Gasteiger partial charge in [-0.2, -0.15) is 0 Å². The van der Waals surface area contributed by atoms with Crippen LogP contribution in [0.3, 0.4) is 0 Å². The molecular weight excluding hydrogens is 282 g/mol. The normalized spacial score (nSPS) is 19.5. The van der Waals surface area contributed by atoms with Crippen LogP contribution in [0.2, 0.25) is 0 Å². The van der Waals surface area contributed by atoms with Gasteiger partial charge in [-0.1, -0.05) is 0 Å². The van der Waals surface area contributed by atoms with Crippen LogP contribution in [0, 0.1) is 0 Å². The van der Waals surface area contributed by atoms with E-state index in [0.717, 1.165) is 29.7 Å². The molecule has 0 spiro atoms. The number of nitrogens with zero attached hydrogens (tertiary/aromatic N) is 3. The number of aromatic nitrogens is 1. The average molecular weight is 298 g/mol. The molecule has 1 amide bonds. The van der Waals surface area contributed by atoms with E-state index in [0.29, 0.717) is 0 Å². The van der Waals surface area contributed by atoms with Crippen molar-refractivity contribution in [2.75, 3.05) is 25.5 Å². The Morgan fingerprint density at radius 1 is 1.59 bits per heavy atom. The summed E-state index contributed by atoms with van der Waals surface area (Å²) in [7, 11) is 3.60. The summed E-state index contributed by atoms with van der Waals surface area (Å²) in [4.78, 5) is 20.2. The molecule has 0 bridgehead atoms. The van der Waals surface area contributed by atoms with Gasteiger partial charge < -0.3 is 9.80 Å². The Bertz CT molecular complexity index is 422. The van der Waals surface area contributed by atoms with Crippen molar-refractivity contribution in [2.24, 2.45) is 0 Å². The monoisotopic (exact) mass is 297 g/mol. The van der Waals surface area contributed by atoms with Gasteiger partial charge in [0.2, 0.25) is 5.91 Å². The van der Waals surface area contributed by atoms with Gasteiger partial charge in [0.05, 0.1) is 4.47 Å². The summed E-state index contributed by atoms with van der Waals surface area (Å²) >= 11 is 3.49. The molecule has 1 saturated heterocycles. The minimum Gasteiger partial charge on any atom is -0.347 e. The highest BCUT2D eigenvalue weighted by Crippen LogP contribution is 2.30. The van der Waals surface area contributed by atoms with Crippen molar-refractivity contribution >= 4 is 27.7 Å². The molecule has 92 valence electrons. The summed E-state index contributed by atoms with van der Waals surface area (Å²) in [6.07, 6.45) is 3.70. The quantitative estimate of drug-likeness (QED) is 0.837. The van der Waals surface area contributed by atoms with Gasteiger partial charge in [-0.05, 0) is 40.9 Å². The number of hydrogen-bond acceptors (Lipinski definition) is 3. The molecule has 1 aromatic rings. The number of hydrogen-bond donors (Lipinski definition) is 0. The number of likely N-dealkylation sites (N-methyl/N-ethyl adjacent to an activating group) is 1. The van der Waals surface area contributed by atoms with Gasteiger partial charge in [0.25, 0.3) is 0 Å². The van der Waals surface area contributed by atoms with E-state index in [2.05, 4.69) is 25.8 Å². The van der Waals surface area contributed by atoms with E-state index >= 15 is 0 Å². The van der Waals surface area contributed by atoms with E-state index in [-0.39, 0.29) is 11.9 Å². The topological polar surface area (TPSA) is 36.4 Å². The Morgan fingerprint density at radius 3 is 3.00 bits per heavy atom. The largest absolute Gasteiger partial charge is 0.347 e. The van der Waals surface area contributed by atoms with E-state index in [9.17, 15) is 4.79 Å². The third-order valence-corrected chi connectivity index (χ3v) is 3.61. The first-order valence-corrected chi connectivity index (χ1v) is 6.49.